The van der Waals surface area contributed by atoms with Gasteiger partial charge in [-0.1, -0.05) is 0 Å². The number of likely N-dealkylation sites (tertiary alicyclic amines) is 2. The van der Waals surface area contributed by atoms with Crippen molar-refractivity contribution >= 4 is 5.91 Å². The van der Waals surface area contributed by atoms with Gasteiger partial charge in [0.15, 0.2) is 0 Å². The van der Waals surface area contributed by atoms with E-state index in [1.54, 1.807) is 0 Å². The Balaban J connectivity index is 1.58. The number of nitrogens with zero attached hydrogens (tertiary/aromatic N) is 3. The summed E-state index contributed by atoms with van der Waals surface area (Å²) in [5.74, 6) is 0.0879. The largest absolute Gasteiger partial charge is 0.387 e. The van der Waals surface area contributed by atoms with E-state index >= 15 is 0 Å². The molecular formula is C16H26N4O2. The van der Waals surface area contributed by atoms with Crippen LogP contribution in [0.1, 0.15) is 36.2 Å². The van der Waals surface area contributed by atoms with Crippen LogP contribution in [0.25, 0.3) is 0 Å². The maximum Gasteiger partial charge on any atom is 0.227 e. The van der Waals surface area contributed by atoms with Gasteiger partial charge in [-0.05, 0) is 46.2 Å². The SMILES string of the molecule is Cc1n[nH]c(C)c1CC(=O)N1CC[C@@](O)(CN2CCCC2)C1. The molecule has 1 atom stereocenters. The van der Waals surface area contributed by atoms with Gasteiger partial charge in [0.2, 0.25) is 5.91 Å². The number of aliphatic hydroxyl groups is 1. The van der Waals surface area contributed by atoms with Crippen molar-refractivity contribution in [2.75, 3.05) is 32.7 Å². The van der Waals surface area contributed by atoms with Crippen LogP contribution in [0.3, 0.4) is 0 Å². The number of amides is 1. The fourth-order valence-electron chi connectivity index (χ4n) is 3.65. The number of hydrogen-bond acceptors (Lipinski definition) is 4. The zero-order valence-electron chi connectivity index (χ0n) is 13.6. The summed E-state index contributed by atoms with van der Waals surface area (Å²) in [6, 6.07) is 0. The average molecular weight is 306 g/mol. The first-order valence-electron chi connectivity index (χ1n) is 8.20. The van der Waals surface area contributed by atoms with Gasteiger partial charge in [0.05, 0.1) is 24.3 Å². The Morgan fingerprint density at radius 2 is 2.05 bits per heavy atom. The lowest BCUT2D eigenvalue weighted by atomic mass is 10.0. The number of hydrogen-bond donors (Lipinski definition) is 2. The molecule has 3 rings (SSSR count). The van der Waals surface area contributed by atoms with E-state index in [1.165, 1.54) is 12.8 Å². The zero-order chi connectivity index (χ0) is 15.7. The summed E-state index contributed by atoms with van der Waals surface area (Å²) in [5, 5.41) is 17.8. The number of carbonyl (C=O) groups is 1. The predicted octanol–water partition coefficient (Wildman–Crippen LogP) is 0.628. The quantitative estimate of drug-likeness (QED) is 0.856. The lowest BCUT2D eigenvalue weighted by molar-refractivity contribution is -0.130. The molecule has 2 N–H and O–H groups in total. The van der Waals surface area contributed by atoms with Crippen molar-refractivity contribution < 1.29 is 9.90 Å². The number of aryl methyl sites for hydroxylation is 2. The van der Waals surface area contributed by atoms with Gasteiger partial charge in [-0.2, -0.15) is 5.10 Å². The normalized spacial score (nSPS) is 26.0. The minimum absolute atomic E-state index is 0.0879. The minimum Gasteiger partial charge on any atom is -0.387 e. The Kier molecular flexibility index (Phi) is 4.23. The van der Waals surface area contributed by atoms with Crippen LogP contribution >= 0.6 is 0 Å². The molecule has 0 aromatic carbocycles. The van der Waals surface area contributed by atoms with Crippen LogP contribution in [0.5, 0.6) is 0 Å². The minimum atomic E-state index is -0.736. The first kappa shape index (κ1) is 15.5. The lowest BCUT2D eigenvalue weighted by Gasteiger charge is -2.28. The van der Waals surface area contributed by atoms with E-state index in [-0.39, 0.29) is 5.91 Å². The van der Waals surface area contributed by atoms with E-state index in [9.17, 15) is 9.90 Å². The summed E-state index contributed by atoms with van der Waals surface area (Å²) in [6.07, 6.45) is 3.49. The number of aromatic nitrogens is 2. The Hall–Kier alpha value is -1.40. The number of nitrogens with one attached hydrogen (secondary N) is 1. The summed E-state index contributed by atoms with van der Waals surface area (Å²) in [4.78, 5) is 16.6. The maximum absolute atomic E-state index is 12.5. The molecule has 6 nitrogen and oxygen atoms in total. The van der Waals surface area contributed by atoms with Gasteiger partial charge >= 0.3 is 0 Å². The molecule has 2 aliphatic rings. The monoisotopic (exact) mass is 306 g/mol. The maximum atomic E-state index is 12.5. The Labute approximate surface area is 131 Å². The second-order valence-corrected chi connectivity index (χ2v) is 6.86. The third-order valence-corrected chi connectivity index (χ3v) is 5.01. The van der Waals surface area contributed by atoms with Crippen molar-refractivity contribution in [2.45, 2.75) is 45.1 Å². The van der Waals surface area contributed by atoms with Gasteiger partial charge in [-0.15, -0.1) is 0 Å². The highest BCUT2D eigenvalue weighted by Crippen LogP contribution is 2.25. The molecule has 0 unspecified atom stereocenters. The summed E-state index contributed by atoms with van der Waals surface area (Å²) >= 11 is 0. The molecule has 1 aromatic heterocycles. The molecule has 2 saturated heterocycles. The number of rotatable bonds is 4. The number of H-pyrrole nitrogens is 1. The van der Waals surface area contributed by atoms with E-state index in [1.807, 2.05) is 18.7 Å². The third-order valence-electron chi connectivity index (χ3n) is 5.01. The highest BCUT2D eigenvalue weighted by atomic mass is 16.3. The molecule has 6 heteroatoms. The van der Waals surface area contributed by atoms with Gasteiger partial charge in [-0.3, -0.25) is 9.89 Å². The van der Waals surface area contributed by atoms with Crippen molar-refractivity contribution in [3.63, 3.8) is 0 Å². The van der Waals surface area contributed by atoms with Crippen LogP contribution in [-0.2, 0) is 11.2 Å². The van der Waals surface area contributed by atoms with Gasteiger partial charge in [0.25, 0.3) is 0 Å². The second-order valence-electron chi connectivity index (χ2n) is 6.86. The molecule has 3 heterocycles. The molecule has 1 amide bonds. The highest BCUT2D eigenvalue weighted by molar-refractivity contribution is 5.79. The standard InChI is InChI=1S/C16H26N4O2/c1-12-14(13(2)18-17-12)9-15(21)20-8-5-16(22,11-20)10-19-6-3-4-7-19/h22H,3-11H2,1-2H3,(H,17,18)/t16-/m1/s1. The Morgan fingerprint density at radius 1 is 1.32 bits per heavy atom. The molecule has 2 fully saturated rings. The molecule has 2 aliphatic heterocycles. The predicted molar refractivity (Wildman–Crippen MR) is 83.6 cm³/mol. The van der Waals surface area contributed by atoms with E-state index < -0.39 is 5.60 Å². The van der Waals surface area contributed by atoms with Crippen LogP contribution in [0.2, 0.25) is 0 Å². The van der Waals surface area contributed by atoms with Crippen molar-refractivity contribution in [2.24, 2.45) is 0 Å². The molecule has 122 valence electrons. The first-order chi connectivity index (χ1) is 10.5. The second kappa shape index (κ2) is 6.01. The Bertz CT molecular complexity index is 531. The van der Waals surface area contributed by atoms with Crippen LogP contribution in [0, 0.1) is 13.8 Å². The fourth-order valence-corrected chi connectivity index (χ4v) is 3.65. The number of carbonyl (C=O) groups excluding carboxylic acids is 1. The van der Waals surface area contributed by atoms with E-state index in [0.29, 0.717) is 32.5 Å². The molecule has 0 radical (unpaired) electrons. The summed E-state index contributed by atoms with van der Waals surface area (Å²) < 4.78 is 0. The molecule has 0 bridgehead atoms. The fraction of sp³-hybridized carbons (Fsp3) is 0.750. The molecule has 0 aliphatic carbocycles. The zero-order valence-corrected chi connectivity index (χ0v) is 13.6. The van der Waals surface area contributed by atoms with Crippen molar-refractivity contribution in [3.8, 4) is 0 Å². The topological polar surface area (TPSA) is 72.5 Å². The summed E-state index contributed by atoms with van der Waals surface area (Å²) in [5.41, 5.74) is 2.09. The van der Waals surface area contributed by atoms with Crippen LogP contribution in [0.15, 0.2) is 0 Å². The van der Waals surface area contributed by atoms with Crippen LogP contribution in [-0.4, -0.2) is 69.3 Å². The van der Waals surface area contributed by atoms with E-state index in [0.717, 1.165) is 30.0 Å². The van der Waals surface area contributed by atoms with Gasteiger partial charge in [-0.25, -0.2) is 0 Å². The number of β-amino-alcohol motifs (C(OH)–C–C–N with tert-alkyl or cyclic N) is 1. The first-order valence-corrected chi connectivity index (χ1v) is 8.20. The highest BCUT2D eigenvalue weighted by Gasteiger charge is 2.39. The molecule has 0 saturated carbocycles. The molecule has 0 spiro atoms. The van der Waals surface area contributed by atoms with Crippen molar-refractivity contribution in [1.29, 1.82) is 0 Å². The van der Waals surface area contributed by atoms with E-state index in [2.05, 4.69) is 15.1 Å². The van der Waals surface area contributed by atoms with Gasteiger partial charge < -0.3 is 14.9 Å². The van der Waals surface area contributed by atoms with Crippen molar-refractivity contribution in [3.05, 3.63) is 17.0 Å². The van der Waals surface area contributed by atoms with Gasteiger partial charge in [0, 0.05) is 24.3 Å². The number of aromatic amines is 1. The van der Waals surface area contributed by atoms with Crippen LogP contribution in [0.4, 0.5) is 0 Å². The third kappa shape index (κ3) is 3.17. The van der Waals surface area contributed by atoms with E-state index in [4.69, 9.17) is 0 Å². The average Bonchev–Trinajstić information content (AvgIpc) is 3.17. The Morgan fingerprint density at radius 3 is 2.68 bits per heavy atom. The van der Waals surface area contributed by atoms with Crippen LogP contribution < -0.4 is 0 Å². The molecular weight excluding hydrogens is 280 g/mol. The summed E-state index contributed by atoms with van der Waals surface area (Å²) in [6.45, 7) is 7.81. The summed E-state index contributed by atoms with van der Waals surface area (Å²) in [7, 11) is 0. The smallest absolute Gasteiger partial charge is 0.227 e. The van der Waals surface area contributed by atoms with Crippen molar-refractivity contribution in [1.82, 2.24) is 20.0 Å². The lowest BCUT2D eigenvalue weighted by Crippen LogP contribution is -2.45. The molecule has 22 heavy (non-hydrogen) atoms. The molecule has 1 aromatic rings. The van der Waals surface area contributed by atoms with Gasteiger partial charge in [0.1, 0.15) is 0 Å².